The van der Waals surface area contributed by atoms with Crippen LogP contribution in [0.4, 0.5) is 0 Å². The number of piperidine rings is 1. The average molecular weight is 290 g/mol. The minimum atomic E-state index is -0.210. The summed E-state index contributed by atoms with van der Waals surface area (Å²) in [5.41, 5.74) is 3.09. The second-order valence-corrected chi connectivity index (χ2v) is 5.50. The number of hydrogen-bond donors (Lipinski definition) is 1. The Morgan fingerprint density at radius 3 is 2.33 bits per heavy atom. The van der Waals surface area contributed by atoms with E-state index in [1.807, 2.05) is 13.8 Å². The SMILES string of the molecule is CCC1(Cc2cc(C)nc(C)c2)CNCCC1=O.O=C=O. The lowest BCUT2D eigenvalue weighted by molar-refractivity contribution is -0.191. The van der Waals surface area contributed by atoms with Gasteiger partial charge >= 0.3 is 6.15 Å². The van der Waals surface area contributed by atoms with Crippen molar-refractivity contribution in [1.82, 2.24) is 10.3 Å². The Bertz CT molecular complexity index is 516. The summed E-state index contributed by atoms with van der Waals surface area (Å²) in [4.78, 5) is 32.9. The van der Waals surface area contributed by atoms with Gasteiger partial charge in [0.25, 0.3) is 0 Å². The van der Waals surface area contributed by atoms with Gasteiger partial charge in [-0.3, -0.25) is 9.78 Å². The molecular weight excluding hydrogens is 268 g/mol. The molecule has 1 aliphatic heterocycles. The Hall–Kier alpha value is -1.84. The third-order valence-corrected chi connectivity index (χ3v) is 3.94. The summed E-state index contributed by atoms with van der Waals surface area (Å²) in [7, 11) is 0. The van der Waals surface area contributed by atoms with Gasteiger partial charge in [-0.1, -0.05) is 6.92 Å². The van der Waals surface area contributed by atoms with Gasteiger partial charge in [-0.05, 0) is 44.4 Å². The highest BCUT2D eigenvalue weighted by Gasteiger charge is 2.38. The molecule has 5 nitrogen and oxygen atoms in total. The van der Waals surface area contributed by atoms with E-state index >= 15 is 0 Å². The lowest BCUT2D eigenvalue weighted by Gasteiger charge is -2.35. The summed E-state index contributed by atoms with van der Waals surface area (Å²) in [6.45, 7) is 7.77. The van der Waals surface area contributed by atoms with Crippen molar-refractivity contribution >= 4 is 11.9 Å². The molecule has 0 radical (unpaired) electrons. The Kier molecular flexibility index (Phi) is 6.40. The zero-order valence-electron chi connectivity index (χ0n) is 12.9. The molecule has 1 aromatic rings. The van der Waals surface area contributed by atoms with Gasteiger partial charge in [0.1, 0.15) is 5.78 Å². The highest BCUT2D eigenvalue weighted by molar-refractivity contribution is 5.86. The number of hydrogen-bond acceptors (Lipinski definition) is 5. The van der Waals surface area contributed by atoms with Crippen molar-refractivity contribution in [3.8, 4) is 0 Å². The summed E-state index contributed by atoms with van der Waals surface area (Å²) in [6.07, 6.45) is 2.65. The van der Waals surface area contributed by atoms with Gasteiger partial charge in [0.05, 0.1) is 0 Å². The average Bonchev–Trinajstić information content (AvgIpc) is 2.41. The summed E-state index contributed by atoms with van der Waals surface area (Å²) >= 11 is 0. The number of ketones is 1. The molecule has 1 fully saturated rings. The summed E-state index contributed by atoms with van der Waals surface area (Å²) < 4.78 is 0. The highest BCUT2D eigenvalue weighted by atomic mass is 16.2. The Labute approximate surface area is 125 Å². The third kappa shape index (κ3) is 4.59. The van der Waals surface area contributed by atoms with Crippen molar-refractivity contribution in [1.29, 1.82) is 0 Å². The maximum Gasteiger partial charge on any atom is 0.373 e. The second-order valence-electron chi connectivity index (χ2n) is 5.50. The van der Waals surface area contributed by atoms with E-state index in [0.717, 1.165) is 37.3 Å². The fraction of sp³-hybridized carbons (Fsp3) is 0.562. The van der Waals surface area contributed by atoms with Gasteiger partial charge in [0, 0.05) is 36.3 Å². The predicted molar refractivity (Wildman–Crippen MR) is 77.6 cm³/mol. The number of nitrogens with one attached hydrogen (secondary N) is 1. The zero-order chi connectivity index (χ0) is 15.9. The molecule has 0 bridgehead atoms. The summed E-state index contributed by atoms with van der Waals surface area (Å²) in [6, 6.07) is 4.21. The topological polar surface area (TPSA) is 76.1 Å². The summed E-state index contributed by atoms with van der Waals surface area (Å²) in [5.74, 6) is 0.413. The van der Waals surface area contributed by atoms with Crippen LogP contribution in [-0.4, -0.2) is 30.0 Å². The van der Waals surface area contributed by atoms with Crippen LogP contribution < -0.4 is 5.32 Å². The van der Waals surface area contributed by atoms with E-state index in [9.17, 15) is 4.79 Å². The van der Waals surface area contributed by atoms with Crippen molar-refractivity contribution in [2.75, 3.05) is 13.1 Å². The number of nitrogens with zero attached hydrogens (tertiary/aromatic N) is 1. The number of aryl methyl sites for hydroxylation is 2. The number of pyridine rings is 1. The maximum absolute atomic E-state index is 12.3. The Balaban J connectivity index is 0.000000677. The Morgan fingerprint density at radius 1 is 1.29 bits per heavy atom. The molecule has 0 aromatic carbocycles. The first-order valence-corrected chi connectivity index (χ1v) is 7.15. The van der Waals surface area contributed by atoms with Gasteiger partial charge in [0.2, 0.25) is 0 Å². The monoisotopic (exact) mass is 290 g/mol. The van der Waals surface area contributed by atoms with Crippen LogP contribution in [0.1, 0.15) is 36.7 Å². The molecule has 2 heterocycles. The van der Waals surface area contributed by atoms with Crippen LogP contribution in [0.25, 0.3) is 0 Å². The first-order chi connectivity index (χ1) is 9.97. The molecule has 5 heteroatoms. The largest absolute Gasteiger partial charge is 0.373 e. The quantitative estimate of drug-likeness (QED) is 0.915. The van der Waals surface area contributed by atoms with Gasteiger partial charge in [0.15, 0.2) is 0 Å². The minimum Gasteiger partial charge on any atom is -0.315 e. The van der Waals surface area contributed by atoms with Crippen LogP contribution in [-0.2, 0) is 20.8 Å². The molecule has 1 N–H and O–H groups in total. The fourth-order valence-corrected chi connectivity index (χ4v) is 2.92. The lowest BCUT2D eigenvalue weighted by Crippen LogP contribution is -2.48. The lowest BCUT2D eigenvalue weighted by atomic mass is 9.73. The molecule has 114 valence electrons. The van der Waals surface area contributed by atoms with Crippen molar-refractivity contribution in [3.63, 3.8) is 0 Å². The van der Waals surface area contributed by atoms with Crippen LogP contribution in [0.2, 0.25) is 0 Å². The molecule has 1 atom stereocenters. The van der Waals surface area contributed by atoms with Crippen molar-refractivity contribution in [2.24, 2.45) is 5.41 Å². The molecule has 0 aliphatic carbocycles. The highest BCUT2D eigenvalue weighted by Crippen LogP contribution is 2.31. The van der Waals surface area contributed by atoms with Crippen LogP contribution in [0.3, 0.4) is 0 Å². The molecule has 2 rings (SSSR count). The molecule has 0 spiro atoms. The molecule has 0 amide bonds. The van der Waals surface area contributed by atoms with Crippen molar-refractivity contribution < 1.29 is 14.4 Å². The molecule has 1 aromatic heterocycles. The molecule has 0 saturated carbocycles. The van der Waals surface area contributed by atoms with Gasteiger partial charge in [-0.25, -0.2) is 0 Å². The maximum atomic E-state index is 12.3. The number of carbonyl (C=O) groups is 1. The van der Waals surface area contributed by atoms with Crippen molar-refractivity contribution in [3.05, 3.63) is 29.1 Å². The van der Waals surface area contributed by atoms with Gasteiger partial charge < -0.3 is 5.32 Å². The van der Waals surface area contributed by atoms with E-state index in [2.05, 4.69) is 29.4 Å². The van der Waals surface area contributed by atoms with E-state index in [4.69, 9.17) is 9.59 Å². The van der Waals surface area contributed by atoms with Crippen LogP contribution in [0, 0.1) is 19.3 Å². The predicted octanol–water partition coefficient (Wildman–Crippen LogP) is 1.62. The Morgan fingerprint density at radius 2 is 1.86 bits per heavy atom. The molecular formula is C16H22N2O3. The van der Waals surface area contributed by atoms with Crippen LogP contribution in [0.15, 0.2) is 12.1 Å². The van der Waals surface area contributed by atoms with E-state index in [-0.39, 0.29) is 11.6 Å². The van der Waals surface area contributed by atoms with Crippen LogP contribution in [0.5, 0.6) is 0 Å². The number of carbonyl (C=O) groups excluding carboxylic acids is 3. The number of aromatic nitrogens is 1. The summed E-state index contributed by atoms with van der Waals surface area (Å²) in [5, 5.41) is 3.37. The van der Waals surface area contributed by atoms with E-state index in [1.54, 1.807) is 0 Å². The molecule has 1 unspecified atom stereocenters. The first-order valence-electron chi connectivity index (χ1n) is 7.15. The van der Waals surface area contributed by atoms with E-state index < -0.39 is 0 Å². The zero-order valence-corrected chi connectivity index (χ0v) is 12.9. The van der Waals surface area contributed by atoms with Gasteiger partial charge in [-0.15, -0.1) is 0 Å². The smallest absolute Gasteiger partial charge is 0.315 e. The molecule has 1 aliphatic rings. The van der Waals surface area contributed by atoms with E-state index in [0.29, 0.717) is 12.2 Å². The fourth-order valence-electron chi connectivity index (χ4n) is 2.92. The first kappa shape index (κ1) is 17.2. The second kappa shape index (κ2) is 7.81. The molecule has 1 saturated heterocycles. The van der Waals surface area contributed by atoms with E-state index in [1.165, 1.54) is 5.56 Å². The van der Waals surface area contributed by atoms with Crippen molar-refractivity contribution in [2.45, 2.75) is 40.0 Å². The van der Waals surface area contributed by atoms with Gasteiger partial charge in [-0.2, -0.15) is 9.59 Å². The molecule has 21 heavy (non-hydrogen) atoms. The number of Topliss-reactive ketones (excluding diaryl/α,β-unsaturated/α-hetero) is 1. The normalized spacial score (nSPS) is 21.2. The number of rotatable bonds is 3. The van der Waals surface area contributed by atoms with Crippen LogP contribution >= 0.6 is 0 Å². The minimum absolute atomic E-state index is 0.210. The third-order valence-electron chi connectivity index (χ3n) is 3.94. The standard InChI is InChI=1S/C15H22N2O.CO2/c1-4-15(10-16-6-5-14(15)18)9-13-7-11(2)17-12(3)8-13;2-1-3/h7-8,16H,4-6,9-10H2,1-3H3;.